The van der Waals surface area contributed by atoms with Crippen molar-refractivity contribution in [3.05, 3.63) is 159 Å². The first-order valence-electron chi connectivity index (χ1n) is 12.5. The van der Waals surface area contributed by atoms with Gasteiger partial charge in [0.1, 0.15) is 0 Å². The molecule has 42 heavy (non-hydrogen) atoms. The number of benzene rings is 5. The van der Waals surface area contributed by atoms with Crippen LogP contribution in [0.4, 0.5) is 51.2 Å². The highest BCUT2D eigenvalue weighted by Crippen LogP contribution is 2.40. The van der Waals surface area contributed by atoms with Crippen LogP contribution >= 0.6 is 0 Å². The number of nitro benzene ring substituents is 2. The van der Waals surface area contributed by atoms with E-state index in [1.54, 1.807) is 48.5 Å². The van der Waals surface area contributed by atoms with E-state index in [0.29, 0.717) is 28.3 Å². The molecular formula is C32H20N6O4. The summed E-state index contributed by atoms with van der Waals surface area (Å²) in [4.78, 5) is 28.8. The van der Waals surface area contributed by atoms with Gasteiger partial charge in [-0.1, -0.05) is 12.1 Å². The number of anilines is 6. The molecule has 10 nitrogen and oxygen atoms in total. The first-order chi connectivity index (χ1) is 20.4. The van der Waals surface area contributed by atoms with Gasteiger partial charge in [-0.2, -0.15) is 5.26 Å². The number of nitro groups is 2. The molecule has 0 aliphatic heterocycles. The Morgan fingerprint density at radius 1 is 0.548 bits per heavy atom. The van der Waals surface area contributed by atoms with Crippen LogP contribution in [-0.2, 0) is 0 Å². The molecular weight excluding hydrogens is 532 g/mol. The summed E-state index contributed by atoms with van der Waals surface area (Å²) in [5, 5.41) is 31.7. The van der Waals surface area contributed by atoms with Crippen LogP contribution in [0.2, 0.25) is 0 Å². The van der Waals surface area contributed by atoms with Crippen molar-refractivity contribution in [2.45, 2.75) is 0 Å². The minimum Gasteiger partial charge on any atom is -0.311 e. The van der Waals surface area contributed by atoms with E-state index in [1.807, 2.05) is 58.3 Å². The summed E-state index contributed by atoms with van der Waals surface area (Å²) >= 11 is 0. The maximum Gasteiger partial charge on any atom is 0.269 e. The predicted octanol–water partition coefficient (Wildman–Crippen LogP) is 8.87. The van der Waals surface area contributed by atoms with Crippen molar-refractivity contribution in [3.63, 3.8) is 0 Å². The maximum absolute atomic E-state index is 11.2. The Hall–Kier alpha value is -6.52. The van der Waals surface area contributed by atoms with Crippen LogP contribution in [0.15, 0.2) is 121 Å². The molecule has 0 spiro atoms. The zero-order chi connectivity index (χ0) is 29.6. The summed E-state index contributed by atoms with van der Waals surface area (Å²) in [7, 11) is 0. The molecule has 0 amide bonds. The summed E-state index contributed by atoms with van der Waals surface area (Å²) < 4.78 is 0. The van der Waals surface area contributed by atoms with Crippen molar-refractivity contribution in [1.29, 1.82) is 5.26 Å². The van der Waals surface area contributed by atoms with Gasteiger partial charge >= 0.3 is 0 Å². The molecule has 0 aliphatic rings. The third-order valence-electron chi connectivity index (χ3n) is 6.50. The molecule has 0 radical (unpaired) electrons. The Morgan fingerprint density at radius 2 is 0.833 bits per heavy atom. The standard InChI is InChI=1S/C32H20N6O4/c1-34-24-4-8-26(9-5-24)35(25-6-2-23(22-33)3-7-25)27-10-12-28(13-11-27)36(29-14-18-31(19-15-29)37(39)40)30-16-20-32(21-17-30)38(41)42/h2-21H. The number of rotatable bonds is 8. The first-order valence-corrected chi connectivity index (χ1v) is 12.5. The third kappa shape index (κ3) is 5.59. The number of nitrogens with zero attached hydrogens (tertiary/aromatic N) is 6. The van der Waals surface area contributed by atoms with Crippen LogP contribution in [0, 0.1) is 38.1 Å². The summed E-state index contributed by atoms with van der Waals surface area (Å²) in [5.74, 6) is 0. The molecule has 10 heteroatoms. The van der Waals surface area contributed by atoms with Crippen LogP contribution in [0.1, 0.15) is 5.56 Å². The molecule has 0 fully saturated rings. The van der Waals surface area contributed by atoms with Crippen molar-refractivity contribution >= 4 is 51.2 Å². The minimum atomic E-state index is -0.475. The molecule has 0 aliphatic carbocycles. The lowest BCUT2D eigenvalue weighted by Crippen LogP contribution is -2.12. The fourth-order valence-electron chi connectivity index (χ4n) is 4.45. The highest BCUT2D eigenvalue weighted by Gasteiger charge is 2.18. The zero-order valence-electron chi connectivity index (χ0n) is 21.9. The van der Waals surface area contributed by atoms with Gasteiger partial charge in [0.15, 0.2) is 5.69 Å². The van der Waals surface area contributed by atoms with Gasteiger partial charge in [-0.25, -0.2) is 4.85 Å². The molecule has 0 saturated heterocycles. The summed E-state index contributed by atoms with van der Waals surface area (Å²) in [6, 6.07) is 36.1. The first kappa shape index (κ1) is 27.1. The summed E-state index contributed by atoms with van der Waals surface area (Å²) in [6.45, 7) is 7.27. The van der Waals surface area contributed by atoms with Gasteiger partial charge in [-0.15, -0.1) is 0 Å². The second kappa shape index (κ2) is 11.7. The van der Waals surface area contributed by atoms with E-state index < -0.39 is 9.85 Å². The van der Waals surface area contributed by atoms with E-state index >= 15 is 0 Å². The SMILES string of the molecule is [C-]#[N+]c1ccc(N(c2ccc(C#N)cc2)c2ccc(N(c3ccc([N+](=O)[O-])cc3)c3ccc([N+](=O)[O-])cc3)cc2)cc1. The maximum atomic E-state index is 11.2. The second-order valence-corrected chi connectivity index (χ2v) is 9.02. The Morgan fingerprint density at radius 3 is 1.12 bits per heavy atom. The van der Waals surface area contributed by atoms with Crippen molar-refractivity contribution in [1.82, 2.24) is 0 Å². The lowest BCUT2D eigenvalue weighted by Gasteiger charge is -2.28. The molecule has 0 N–H and O–H groups in total. The number of nitriles is 1. The fourth-order valence-corrected chi connectivity index (χ4v) is 4.45. The highest BCUT2D eigenvalue weighted by molar-refractivity contribution is 5.82. The van der Waals surface area contributed by atoms with E-state index in [2.05, 4.69) is 10.9 Å². The quantitative estimate of drug-likeness (QED) is 0.107. The Kier molecular flexibility index (Phi) is 7.54. The summed E-state index contributed by atoms with van der Waals surface area (Å²) in [6.07, 6.45) is 0. The molecule has 0 heterocycles. The van der Waals surface area contributed by atoms with Crippen LogP contribution in [0.5, 0.6) is 0 Å². The van der Waals surface area contributed by atoms with E-state index in [-0.39, 0.29) is 11.4 Å². The summed E-state index contributed by atoms with van der Waals surface area (Å²) in [5.41, 5.74) is 5.30. The number of hydrogen-bond donors (Lipinski definition) is 0. The van der Waals surface area contributed by atoms with Gasteiger partial charge in [0.05, 0.1) is 28.1 Å². The van der Waals surface area contributed by atoms with Crippen molar-refractivity contribution in [2.24, 2.45) is 0 Å². The van der Waals surface area contributed by atoms with Gasteiger partial charge in [0, 0.05) is 58.4 Å². The second-order valence-electron chi connectivity index (χ2n) is 9.02. The van der Waals surface area contributed by atoms with Crippen LogP contribution < -0.4 is 9.80 Å². The van der Waals surface area contributed by atoms with Crippen LogP contribution in [0.25, 0.3) is 4.85 Å². The molecule has 0 atom stereocenters. The molecule has 5 rings (SSSR count). The normalized spacial score (nSPS) is 10.2. The van der Waals surface area contributed by atoms with E-state index in [4.69, 9.17) is 6.57 Å². The minimum absolute atomic E-state index is 0.0555. The van der Waals surface area contributed by atoms with Gasteiger partial charge in [-0.05, 0) is 84.9 Å². The lowest BCUT2D eigenvalue weighted by atomic mass is 10.1. The molecule has 202 valence electrons. The molecule has 5 aromatic rings. The van der Waals surface area contributed by atoms with Gasteiger partial charge in [0.2, 0.25) is 0 Å². The lowest BCUT2D eigenvalue weighted by molar-refractivity contribution is -0.385. The Balaban J connectivity index is 1.58. The van der Waals surface area contributed by atoms with E-state index in [1.165, 1.54) is 24.3 Å². The van der Waals surface area contributed by atoms with Gasteiger partial charge < -0.3 is 9.80 Å². The average Bonchev–Trinajstić information content (AvgIpc) is 3.03. The fraction of sp³-hybridized carbons (Fsp3) is 0. The molecule has 0 saturated carbocycles. The van der Waals surface area contributed by atoms with Gasteiger partial charge in [0.25, 0.3) is 11.4 Å². The third-order valence-corrected chi connectivity index (χ3v) is 6.50. The Labute approximate surface area is 240 Å². The van der Waals surface area contributed by atoms with Crippen LogP contribution in [0.3, 0.4) is 0 Å². The molecule has 0 aromatic heterocycles. The Bertz CT molecular complexity index is 1710. The van der Waals surface area contributed by atoms with Gasteiger partial charge in [-0.3, -0.25) is 20.2 Å². The number of hydrogen-bond acceptors (Lipinski definition) is 7. The average molecular weight is 553 g/mol. The monoisotopic (exact) mass is 552 g/mol. The van der Waals surface area contributed by atoms with E-state index in [0.717, 1.165) is 17.1 Å². The topological polar surface area (TPSA) is 121 Å². The van der Waals surface area contributed by atoms with Crippen LogP contribution in [-0.4, -0.2) is 9.85 Å². The predicted molar refractivity (Wildman–Crippen MR) is 160 cm³/mol. The largest absolute Gasteiger partial charge is 0.311 e. The molecule has 0 bridgehead atoms. The molecule has 5 aromatic carbocycles. The zero-order valence-corrected chi connectivity index (χ0v) is 21.9. The van der Waals surface area contributed by atoms with Crippen molar-refractivity contribution in [2.75, 3.05) is 9.80 Å². The van der Waals surface area contributed by atoms with Crippen molar-refractivity contribution in [3.8, 4) is 6.07 Å². The smallest absolute Gasteiger partial charge is 0.269 e. The van der Waals surface area contributed by atoms with E-state index in [9.17, 15) is 25.5 Å². The highest BCUT2D eigenvalue weighted by atomic mass is 16.6. The number of non-ortho nitro benzene ring substituents is 2. The molecule has 0 unspecified atom stereocenters. The van der Waals surface area contributed by atoms with Crippen molar-refractivity contribution < 1.29 is 9.85 Å².